The zero-order valence-electron chi connectivity index (χ0n) is 5.78. The molecule has 0 rings (SSSR count). The molecule has 0 unspecified atom stereocenters. The molecule has 0 saturated heterocycles. The van der Waals surface area contributed by atoms with Crippen molar-refractivity contribution in [2.24, 2.45) is 0 Å². The molecule has 0 aromatic carbocycles. The van der Waals surface area contributed by atoms with Gasteiger partial charge >= 0.3 is 0 Å². The lowest BCUT2D eigenvalue weighted by molar-refractivity contribution is 0.800. The van der Waals surface area contributed by atoms with Crippen LogP contribution >= 0.6 is 0 Å². The number of hydrogen-bond acceptors (Lipinski definition) is 0. The molecule has 0 heterocycles. The lowest BCUT2D eigenvalue weighted by Gasteiger charge is -1.94. The molecule has 8 heavy (non-hydrogen) atoms. The summed E-state index contributed by atoms with van der Waals surface area (Å²) in [5, 5.41) is 0. The van der Waals surface area contributed by atoms with Gasteiger partial charge in [-0.3, -0.25) is 0 Å². The van der Waals surface area contributed by atoms with E-state index < -0.39 is 0 Å². The Hall–Kier alpha value is -0.260. The van der Waals surface area contributed by atoms with Gasteiger partial charge in [0.2, 0.25) is 0 Å². The predicted molar refractivity (Wildman–Crippen MR) is 37.3 cm³/mol. The fourth-order valence-electron chi connectivity index (χ4n) is 0.585. The van der Waals surface area contributed by atoms with Crippen LogP contribution in [-0.4, -0.2) is 0 Å². The Bertz CT molecular complexity index is 62.4. The van der Waals surface area contributed by atoms with E-state index in [1.54, 1.807) is 0 Å². The van der Waals surface area contributed by atoms with Crippen molar-refractivity contribution in [1.82, 2.24) is 0 Å². The molecule has 2 radical (unpaired) electrons. The van der Waals surface area contributed by atoms with Crippen LogP contribution in [0.3, 0.4) is 0 Å². The van der Waals surface area contributed by atoms with Crippen molar-refractivity contribution in [2.45, 2.75) is 33.1 Å². The average molecular weight is 110 g/mol. The summed E-state index contributed by atoms with van der Waals surface area (Å²) in [6.07, 6.45) is 5.64. The molecule has 46 valence electrons. The molecule has 0 aliphatic rings. The molecule has 0 nitrogen and oxygen atoms in total. The first-order valence-corrected chi connectivity index (χ1v) is 3.13. The van der Waals surface area contributed by atoms with Crippen molar-refractivity contribution in [3.63, 3.8) is 0 Å². The van der Waals surface area contributed by atoms with Crippen LogP contribution in [-0.2, 0) is 0 Å². The average Bonchev–Trinajstić information content (AvgIpc) is 1.66. The topological polar surface area (TPSA) is 0 Å². The molecule has 0 atom stereocenters. The lowest BCUT2D eigenvalue weighted by atomic mass is 10.1. The molecule has 0 aliphatic carbocycles. The van der Waals surface area contributed by atoms with Crippen LogP contribution in [0, 0.1) is 13.0 Å². The molecular weight excluding hydrogens is 96.1 g/mol. The smallest absolute Gasteiger partial charge is 0.0320 e. The van der Waals surface area contributed by atoms with Crippen LogP contribution in [0.15, 0.2) is 5.57 Å². The molecule has 0 N–H and O–H groups in total. The molecule has 0 amide bonds. The number of hydrogen-bond donors (Lipinski definition) is 0. The molecular formula is C8H14. The summed E-state index contributed by atoms with van der Waals surface area (Å²) < 4.78 is 0. The monoisotopic (exact) mass is 110 g/mol. The molecule has 0 aliphatic heterocycles. The molecule has 0 aromatic heterocycles. The Balaban J connectivity index is 2.82. The fourth-order valence-corrected chi connectivity index (χ4v) is 0.585. The van der Waals surface area contributed by atoms with Crippen molar-refractivity contribution in [3.8, 4) is 0 Å². The molecule has 0 spiro atoms. The highest BCUT2D eigenvalue weighted by molar-refractivity contribution is 4.84. The van der Waals surface area contributed by atoms with E-state index in [1.165, 1.54) is 12.8 Å². The second-order valence-corrected chi connectivity index (χ2v) is 2.15. The van der Waals surface area contributed by atoms with Crippen LogP contribution < -0.4 is 0 Å². The van der Waals surface area contributed by atoms with Gasteiger partial charge in [0.25, 0.3) is 0 Å². The van der Waals surface area contributed by atoms with Crippen LogP contribution in [0.5, 0.6) is 0 Å². The van der Waals surface area contributed by atoms with E-state index in [2.05, 4.69) is 13.3 Å². The van der Waals surface area contributed by atoms with Crippen molar-refractivity contribution < 1.29 is 0 Å². The van der Waals surface area contributed by atoms with Gasteiger partial charge in [0.1, 0.15) is 0 Å². The van der Waals surface area contributed by atoms with Gasteiger partial charge in [0.05, 0.1) is 0 Å². The maximum atomic E-state index is 5.44. The minimum absolute atomic E-state index is 1.05. The molecule has 0 aromatic rings. The summed E-state index contributed by atoms with van der Waals surface area (Å²) in [5.74, 6) is 0. The summed E-state index contributed by atoms with van der Waals surface area (Å²) in [6.45, 7) is 9.48. The van der Waals surface area contributed by atoms with Crippen molar-refractivity contribution >= 4 is 0 Å². The Kier molecular flexibility index (Phi) is 4.73. The summed E-state index contributed by atoms with van der Waals surface area (Å²) in [6, 6.07) is 0. The third-order valence-corrected chi connectivity index (χ3v) is 1.06. The predicted octanol–water partition coefficient (Wildman–Crippen LogP) is 2.76. The standard InChI is InChI=1S/C8H14/c1-4-5-6-7-8(2)3/h2,4H,5-7H2,1,3H3. The lowest BCUT2D eigenvalue weighted by Crippen LogP contribution is -1.75. The van der Waals surface area contributed by atoms with E-state index in [9.17, 15) is 0 Å². The van der Waals surface area contributed by atoms with Gasteiger partial charge in [-0.1, -0.05) is 25.5 Å². The first kappa shape index (κ1) is 7.74. The van der Waals surface area contributed by atoms with E-state index in [1.807, 2.05) is 6.92 Å². The largest absolute Gasteiger partial charge is 0.0733 e. The van der Waals surface area contributed by atoms with Gasteiger partial charge in [0, 0.05) is 0 Å². The van der Waals surface area contributed by atoms with E-state index in [-0.39, 0.29) is 0 Å². The normalized spacial score (nSPS) is 9.25. The van der Waals surface area contributed by atoms with E-state index >= 15 is 0 Å². The first-order chi connectivity index (χ1) is 3.77. The maximum absolute atomic E-state index is 5.44. The Morgan fingerprint density at radius 3 is 2.62 bits per heavy atom. The van der Waals surface area contributed by atoms with E-state index in [0.29, 0.717) is 0 Å². The van der Waals surface area contributed by atoms with Gasteiger partial charge < -0.3 is 0 Å². The highest BCUT2D eigenvalue weighted by atomic mass is 13.9. The van der Waals surface area contributed by atoms with Gasteiger partial charge in [0.15, 0.2) is 0 Å². The maximum Gasteiger partial charge on any atom is -0.0320 e. The third-order valence-electron chi connectivity index (χ3n) is 1.06. The highest BCUT2D eigenvalue weighted by Gasteiger charge is 1.84. The van der Waals surface area contributed by atoms with Crippen LogP contribution in [0.25, 0.3) is 0 Å². The zero-order chi connectivity index (χ0) is 6.41. The van der Waals surface area contributed by atoms with Crippen LogP contribution in [0.1, 0.15) is 33.1 Å². The SMILES string of the molecule is [CH]=C(C)CCC[CH]C. The molecule has 0 fully saturated rings. The van der Waals surface area contributed by atoms with Crippen LogP contribution in [0.4, 0.5) is 0 Å². The van der Waals surface area contributed by atoms with Crippen molar-refractivity contribution in [1.29, 1.82) is 0 Å². The Labute approximate surface area is 52.6 Å². The molecule has 0 heteroatoms. The molecule has 0 saturated carbocycles. The van der Waals surface area contributed by atoms with Gasteiger partial charge in [-0.25, -0.2) is 0 Å². The molecule has 0 bridgehead atoms. The summed E-state index contributed by atoms with van der Waals surface area (Å²) in [5.41, 5.74) is 1.05. The summed E-state index contributed by atoms with van der Waals surface area (Å²) in [7, 11) is 0. The first-order valence-electron chi connectivity index (χ1n) is 3.13. The fraction of sp³-hybridized carbons (Fsp3) is 0.625. The highest BCUT2D eigenvalue weighted by Crippen LogP contribution is 2.03. The second-order valence-electron chi connectivity index (χ2n) is 2.15. The second kappa shape index (κ2) is 4.89. The zero-order valence-corrected chi connectivity index (χ0v) is 5.78. The Morgan fingerprint density at radius 2 is 2.25 bits per heavy atom. The van der Waals surface area contributed by atoms with E-state index in [0.717, 1.165) is 12.0 Å². The minimum Gasteiger partial charge on any atom is -0.0733 e. The van der Waals surface area contributed by atoms with E-state index in [4.69, 9.17) is 6.58 Å². The van der Waals surface area contributed by atoms with Crippen molar-refractivity contribution in [2.75, 3.05) is 0 Å². The summed E-state index contributed by atoms with van der Waals surface area (Å²) >= 11 is 0. The summed E-state index contributed by atoms with van der Waals surface area (Å²) in [4.78, 5) is 0. The third kappa shape index (κ3) is 5.74. The van der Waals surface area contributed by atoms with Gasteiger partial charge in [-0.2, -0.15) is 0 Å². The number of rotatable bonds is 4. The van der Waals surface area contributed by atoms with Crippen molar-refractivity contribution in [3.05, 3.63) is 18.6 Å². The quantitative estimate of drug-likeness (QED) is 0.488. The Morgan fingerprint density at radius 1 is 1.62 bits per heavy atom. The van der Waals surface area contributed by atoms with Gasteiger partial charge in [-0.05, 0) is 26.2 Å². The number of unbranched alkanes of at least 4 members (excludes halogenated alkanes) is 2. The van der Waals surface area contributed by atoms with Gasteiger partial charge in [-0.15, -0.1) is 0 Å². The van der Waals surface area contributed by atoms with Crippen LogP contribution in [0.2, 0.25) is 0 Å². The minimum atomic E-state index is 1.05. The number of allylic oxidation sites excluding steroid dienone is 1.